The van der Waals surface area contributed by atoms with Gasteiger partial charge in [0.05, 0.1) is 29.5 Å². The van der Waals surface area contributed by atoms with Gasteiger partial charge in [0.1, 0.15) is 6.61 Å². The number of rotatable bonds is 7. The normalized spacial score (nSPS) is 11.0. The number of carbonyl (C=O) groups excluding carboxylic acids is 1. The first-order valence-corrected chi connectivity index (χ1v) is 7.45. The van der Waals surface area contributed by atoms with Crippen molar-refractivity contribution in [3.8, 4) is 11.5 Å². The number of carboxylic acid groups (broad SMARTS) is 1. The first-order chi connectivity index (χ1) is 11.5. The highest BCUT2D eigenvalue weighted by Gasteiger charge is 2.08. The van der Waals surface area contributed by atoms with E-state index in [1.807, 2.05) is 25.1 Å². The number of nitrogens with zero attached hydrogens (tertiary/aromatic N) is 1. The number of hydrogen-bond acceptors (Lipinski definition) is 6. The van der Waals surface area contributed by atoms with Crippen LogP contribution in [-0.4, -0.2) is 25.4 Å². The smallest absolute Gasteiger partial charge is 0.161 e. The van der Waals surface area contributed by atoms with Gasteiger partial charge in [0, 0.05) is 5.56 Å². The molecule has 24 heavy (non-hydrogen) atoms. The first-order valence-electron chi connectivity index (χ1n) is 7.07. The lowest BCUT2D eigenvalue weighted by Crippen LogP contribution is -2.29. The van der Waals surface area contributed by atoms with Gasteiger partial charge < -0.3 is 19.4 Å². The molecule has 0 aliphatic rings. The van der Waals surface area contributed by atoms with Crippen LogP contribution in [0.15, 0.2) is 47.6 Å². The number of hydrogen-bond donors (Lipinski definition) is 1. The maximum absolute atomic E-state index is 10.5. The van der Waals surface area contributed by atoms with Crippen LogP contribution in [-0.2, 0) is 4.79 Å². The van der Waals surface area contributed by atoms with E-state index in [9.17, 15) is 9.90 Å². The number of benzene rings is 2. The van der Waals surface area contributed by atoms with E-state index >= 15 is 0 Å². The van der Waals surface area contributed by atoms with Gasteiger partial charge in [-0.15, -0.1) is 0 Å². The van der Waals surface area contributed by atoms with E-state index in [0.29, 0.717) is 27.9 Å². The number of methoxy groups -OCH3 is 1. The summed E-state index contributed by atoms with van der Waals surface area (Å²) in [6.45, 7) is 1.27. The molecule has 0 atom stereocenters. The minimum absolute atomic E-state index is 0.317. The Kier molecular flexibility index (Phi) is 6.03. The Bertz CT molecular complexity index is 762. The second kappa shape index (κ2) is 8.21. The molecule has 126 valence electrons. The average molecular weight is 348 g/mol. The minimum atomic E-state index is -1.30. The van der Waals surface area contributed by atoms with Gasteiger partial charge >= 0.3 is 0 Å². The fraction of sp³-hybridized carbons (Fsp3) is 0.176. The van der Waals surface area contributed by atoms with Crippen LogP contribution in [0.5, 0.6) is 11.5 Å². The Morgan fingerprint density at radius 3 is 2.67 bits per heavy atom. The molecule has 0 aliphatic heterocycles. The summed E-state index contributed by atoms with van der Waals surface area (Å²) >= 11 is 6.06. The Morgan fingerprint density at radius 2 is 2.00 bits per heavy atom. The van der Waals surface area contributed by atoms with Crippen molar-refractivity contribution in [2.75, 3.05) is 19.1 Å². The molecule has 0 heterocycles. The maximum atomic E-state index is 10.5. The van der Waals surface area contributed by atoms with Gasteiger partial charge in [-0.1, -0.05) is 23.7 Å². The molecule has 0 spiro atoms. The summed E-state index contributed by atoms with van der Waals surface area (Å²) in [6, 6.07) is 12.3. The zero-order chi connectivity index (χ0) is 17.5. The minimum Gasteiger partial charge on any atom is -0.546 e. The Morgan fingerprint density at radius 1 is 1.25 bits per heavy atom. The lowest BCUT2D eigenvalue weighted by molar-refractivity contribution is -0.307. The summed E-state index contributed by atoms with van der Waals surface area (Å²) in [6.07, 6.45) is 0. The number of carboxylic acids is 1. The molecule has 0 bridgehead atoms. The molecule has 0 unspecified atom stereocenters. The molecule has 0 saturated carbocycles. The number of halogens is 1. The number of ether oxygens (including phenoxy) is 2. The predicted octanol–water partition coefficient (Wildman–Crippen LogP) is 2.31. The zero-order valence-electron chi connectivity index (χ0n) is 13.2. The second-order valence-corrected chi connectivity index (χ2v) is 5.22. The van der Waals surface area contributed by atoms with Crippen LogP contribution >= 0.6 is 11.6 Å². The van der Waals surface area contributed by atoms with Crippen LogP contribution in [0.1, 0.15) is 12.5 Å². The molecular weight excluding hydrogens is 332 g/mol. The summed E-state index contributed by atoms with van der Waals surface area (Å²) in [7, 11) is 1.47. The molecule has 7 heteroatoms. The average Bonchev–Trinajstić information content (AvgIpc) is 2.58. The fourth-order valence-electron chi connectivity index (χ4n) is 1.91. The Hall–Kier alpha value is -2.73. The van der Waals surface area contributed by atoms with Crippen molar-refractivity contribution in [2.45, 2.75) is 6.92 Å². The van der Waals surface area contributed by atoms with E-state index in [1.165, 1.54) is 7.11 Å². The molecule has 1 N–H and O–H groups in total. The highest BCUT2D eigenvalue weighted by atomic mass is 35.5. The summed E-state index contributed by atoms with van der Waals surface area (Å²) < 4.78 is 10.3. The maximum Gasteiger partial charge on any atom is 0.161 e. The van der Waals surface area contributed by atoms with Crippen molar-refractivity contribution in [3.05, 3.63) is 53.1 Å². The van der Waals surface area contributed by atoms with Gasteiger partial charge in [0.15, 0.2) is 11.5 Å². The van der Waals surface area contributed by atoms with Crippen molar-refractivity contribution in [3.63, 3.8) is 0 Å². The molecule has 2 aromatic rings. The summed E-state index contributed by atoms with van der Waals surface area (Å²) in [5, 5.41) is 15.3. The monoisotopic (exact) mass is 347 g/mol. The quantitative estimate of drug-likeness (QED) is 0.614. The van der Waals surface area contributed by atoms with E-state index in [1.54, 1.807) is 24.3 Å². The van der Waals surface area contributed by atoms with Crippen molar-refractivity contribution in [1.82, 2.24) is 0 Å². The topological polar surface area (TPSA) is 83.0 Å². The Balaban J connectivity index is 2.17. The number of hydrazone groups is 1. The standard InChI is InChI=1S/C17H17ClN2O4/c1-11(19-20-14-6-4-3-5-13(14)18)12-7-8-15(16(9-12)23-2)24-10-17(21)22/h3-9,20H,10H2,1-2H3,(H,21,22)/p-1/b19-11-. The number of anilines is 1. The summed E-state index contributed by atoms with van der Waals surface area (Å²) in [4.78, 5) is 10.5. The van der Waals surface area contributed by atoms with Crippen molar-refractivity contribution in [1.29, 1.82) is 0 Å². The van der Waals surface area contributed by atoms with E-state index in [4.69, 9.17) is 21.1 Å². The number of nitrogens with one attached hydrogen (secondary N) is 1. The molecule has 0 fully saturated rings. The zero-order valence-corrected chi connectivity index (χ0v) is 14.0. The second-order valence-electron chi connectivity index (χ2n) is 4.82. The molecule has 2 rings (SSSR count). The molecule has 0 amide bonds. The van der Waals surface area contributed by atoms with E-state index in [0.717, 1.165) is 5.56 Å². The molecule has 0 aromatic heterocycles. The molecule has 0 aliphatic carbocycles. The van der Waals surface area contributed by atoms with Crippen molar-refractivity contribution < 1.29 is 19.4 Å². The van der Waals surface area contributed by atoms with Gasteiger partial charge in [-0.2, -0.15) is 5.10 Å². The molecule has 6 nitrogen and oxygen atoms in total. The van der Waals surface area contributed by atoms with Crippen LogP contribution in [0.2, 0.25) is 5.02 Å². The number of carbonyl (C=O) groups is 1. The number of aliphatic carboxylic acids is 1. The lowest BCUT2D eigenvalue weighted by Gasteiger charge is -2.12. The van der Waals surface area contributed by atoms with Crippen molar-refractivity contribution >= 4 is 29.0 Å². The van der Waals surface area contributed by atoms with Crippen molar-refractivity contribution in [2.24, 2.45) is 5.10 Å². The molecule has 0 saturated heterocycles. The lowest BCUT2D eigenvalue weighted by atomic mass is 10.1. The summed E-state index contributed by atoms with van der Waals surface area (Å²) in [5.41, 5.74) is 5.07. The molecule has 2 aromatic carbocycles. The van der Waals surface area contributed by atoms with Crippen LogP contribution in [0.4, 0.5) is 5.69 Å². The van der Waals surface area contributed by atoms with Gasteiger partial charge in [-0.3, -0.25) is 5.43 Å². The third-order valence-corrected chi connectivity index (χ3v) is 3.47. The molecule has 0 radical (unpaired) electrons. The third kappa shape index (κ3) is 4.63. The van der Waals surface area contributed by atoms with Crippen LogP contribution in [0.25, 0.3) is 0 Å². The van der Waals surface area contributed by atoms with Gasteiger partial charge in [-0.05, 0) is 37.3 Å². The van der Waals surface area contributed by atoms with Gasteiger partial charge in [0.2, 0.25) is 0 Å². The van der Waals surface area contributed by atoms with E-state index < -0.39 is 12.6 Å². The fourth-order valence-corrected chi connectivity index (χ4v) is 2.09. The highest BCUT2D eigenvalue weighted by molar-refractivity contribution is 6.33. The summed E-state index contributed by atoms with van der Waals surface area (Å²) in [5.74, 6) is -0.582. The van der Waals surface area contributed by atoms with Crippen LogP contribution in [0.3, 0.4) is 0 Å². The predicted molar refractivity (Wildman–Crippen MR) is 90.8 cm³/mol. The Labute approximate surface area is 144 Å². The van der Waals surface area contributed by atoms with Crippen LogP contribution in [0, 0.1) is 0 Å². The third-order valence-electron chi connectivity index (χ3n) is 3.14. The molecular formula is C17H16ClN2O4-. The van der Waals surface area contributed by atoms with E-state index in [-0.39, 0.29) is 0 Å². The van der Waals surface area contributed by atoms with Gasteiger partial charge in [0.25, 0.3) is 0 Å². The SMILES string of the molecule is COc1cc(/C(C)=N\Nc2ccccc2Cl)ccc1OCC(=O)[O-]. The van der Waals surface area contributed by atoms with Crippen LogP contribution < -0.4 is 20.0 Å². The van der Waals surface area contributed by atoms with E-state index in [2.05, 4.69) is 10.5 Å². The first kappa shape index (κ1) is 17.6. The highest BCUT2D eigenvalue weighted by Crippen LogP contribution is 2.28. The number of para-hydroxylation sites is 1. The van der Waals surface area contributed by atoms with Gasteiger partial charge in [-0.25, -0.2) is 0 Å². The largest absolute Gasteiger partial charge is 0.546 e.